The van der Waals surface area contributed by atoms with Gasteiger partial charge in [-0.3, -0.25) is 24.3 Å². The Kier molecular flexibility index (Phi) is 10.1. The number of aliphatic carboxylic acids is 1. The first kappa shape index (κ1) is 35.1. The lowest BCUT2D eigenvalue weighted by Gasteiger charge is -2.43. The number of benzene rings is 2. The number of ether oxygens (including phenoxy) is 1. The van der Waals surface area contributed by atoms with Gasteiger partial charge in [-0.05, 0) is 94.2 Å². The lowest BCUT2D eigenvalue weighted by Crippen LogP contribution is -2.58. The number of anilines is 2. The molecule has 0 aromatic heterocycles. The summed E-state index contributed by atoms with van der Waals surface area (Å²) >= 11 is 5.76. The lowest BCUT2D eigenvalue weighted by molar-refractivity contribution is -0.140. The minimum Gasteiger partial charge on any atom is -0.492 e. The molecule has 2 aliphatic heterocycles. The molecule has 0 unspecified atom stereocenters. The highest BCUT2D eigenvalue weighted by atomic mass is 32.1. The van der Waals surface area contributed by atoms with Crippen LogP contribution < -0.4 is 14.5 Å². The maximum Gasteiger partial charge on any atom is 0.417 e. The molecule has 0 bridgehead atoms. The largest absolute Gasteiger partial charge is 0.492 e. The van der Waals surface area contributed by atoms with Gasteiger partial charge in [-0.1, -0.05) is 13.8 Å². The predicted molar refractivity (Wildman–Crippen MR) is 173 cm³/mol. The fourth-order valence-electron chi connectivity index (χ4n) is 6.33. The van der Waals surface area contributed by atoms with Crippen molar-refractivity contribution >= 4 is 40.6 Å². The summed E-state index contributed by atoms with van der Waals surface area (Å²) in [6.07, 6.45) is -4.79. The van der Waals surface area contributed by atoms with Gasteiger partial charge in [0.1, 0.15) is 17.9 Å². The molecule has 2 aromatic rings. The van der Waals surface area contributed by atoms with E-state index in [1.54, 1.807) is 24.8 Å². The SMILES string of the molecule is Cc1cc(OCCN2C[C@@H](C)N(CC(=O)O)[C@@H](C)C2)c(C(C)C)cc1N1C(=S)N(c2ccc(C#N)c(C(F)(F)F)c2)C(=O)C1(C)C. The zero-order chi connectivity index (χ0) is 34.3. The molecule has 2 aliphatic rings. The smallest absolute Gasteiger partial charge is 0.417 e. The number of piperazine rings is 1. The highest BCUT2D eigenvalue weighted by molar-refractivity contribution is 7.81. The van der Waals surface area contributed by atoms with Crippen molar-refractivity contribution in [1.29, 1.82) is 5.26 Å². The Balaban J connectivity index is 1.58. The van der Waals surface area contributed by atoms with Gasteiger partial charge < -0.3 is 14.7 Å². The van der Waals surface area contributed by atoms with Crippen molar-refractivity contribution in [3.05, 3.63) is 52.6 Å². The first-order chi connectivity index (χ1) is 21.4. The second-order valence-electron chi connectivity index (χ2n) is 12.9. The Hall–Kier alpha value is -3.73. The molecule has 0 saturated carbocycles. The van der Waals surface area contributed by atoms with Gasteiger partial charge in [0.05, 0.1) is 29.4 Å². The topological polar surface area (TPSA) is 100 Å². The Morgan fingerprint density at radius 2 is 1.80 bits per heavy atom. The molecule has 1 N–H and O–H groups in total. The number of hydrogen-bond donors (Lipinski definition) is 1. The third kappa shape index (κ3) is 6.84. The number of nitrogens with zero attached hydrogens (tertiary/aromatic N) is 5. The Morgan fingerprint density at radius 3 is 2.35 bits per heavy atom. The molecule has 4 rings (SSSR count). The molecule has 0 aliphatic carbocycles. The third-order valence-electron chi connectivity index (χ3n) is 8.71. The molecule has 1 amide bonds. The molecule has 9 nitrogen and oxygen atoms in total. The van der Waals surface area contributed by atoms with Crippen molar-refractivity contribution in [2.45, 2.75) is 78.2 Å². The van der Waals surface area contributed by atoms with E-state index in [9.17, 15) is 33.1 Å². The number of thiocarbonyl (C=S) groups is 1. The van der Waals surface area contributed by atoms with E-state index in [2.05, 4.69) is 4.90 Å². The standard InChI is InChI=1S/C33H40F3N5O4S/c1-19(2)25-14-27(20(3)12-28(25)45-11-10-38-16-21(4)39(18-29(42)43)22(5)17-38)41-31(46)40(30(44)32(41,6)7)24-9-8-23(15-37)26(13-24)33(34,35)36/h8-9,12-14,19,21-22H,10-11,16-18H2,1-7H3,(H,42,43)/t21-,22+. The van der Waals surface area contributed by atoms with E-state index in [0.29, 0.717) is 24.6 Å². The van der Waals surface area contributed by atoms with Gasteiger partial charge in [0.15, 0.2) is 5.11 Å². The van der Waals surface area contributed by atoms with Crippen molar-refractivity contribution < 1.29 is 32.6 Å². The van der Waals surface area contributed by atoms with Crippen LogP contribution in [0.25, 0.3) is 0 Å². The molecule has 2 aromatic carbocycles. The molecule has 2 fully saturated rings. The minimum atomic E-state index is -4.79. The summed E-state index contributed by atoms with van der Waals surface area (Å²) in [5.74, 6) is -0.605. The minimum absolute atomic E-state index is 0.0126. The van der Waals surface area contributed by atoms with Crippen molar-refractivity contribution in [1.82, 2.24) is 9.80 Å². The average Bonchev–Trinajstić information content (AvgIpc) is 3.12. The van der Waals surface area contributed by atoms with E-state index in [-0.39, 0.29) is 35.3 Å². The molecule has 0 spiro atoms. The van der Waals surface area contributed by atoms with Crippen LogP contribution in [0.1, 0.15) is 69.7 Å². The number of alkyl halides is 3. The predicted octanol–water partition coefficient (Wildman–Crippen LogP) is 5.78. The van der Waals surface area contributed by atoms with Crippen molar-refractivity contribution in [2.75, 3.05) is 42.6 Å². The van der Waals surface area contributed by atoms with Gasteiger partial charge in [-0.2, -0.15) is 18.4 Å². The van der Waals surface area contributed by atoms with E-state index in [1.165, 1.54) is 6.07 Å². The maximum absolute atomic E-state index is 13.8. The molecule has 0 radical (unpaired) electrons. The van der Waals surface area contributed by atoms with Crippen LogP contribution >= 0.6 is 12.2 Å². The summed E-state index contributed by atoms with van der Waals surface area (Å²) in [6, 6.07) is 8.71. The van der Waals surface area contributed by atoms with Gasteiger partial charge >= 0.3 is 12.1 Å². The molecule has 46 heavy (non-hydrogen) atoms. The second kappa shape index (κ2) is 13.2. The highest BCUT2D eigenvalue weighted by Gasteiger charge is 2.51. The van der Waals surface area contributed by atoms with Gasteiger partial charge in [-0.15, -0.1) is 0 Å². The normalized spacial score (nSPS) is 20.8. The Labute approximate surface area is 273 Å². The van der Waals surface area contributed by atoms with Crippen LogP contribution in [-0.2, 0) is 15.8 Å². The van der Waals surface area contributed by atoms with E-state index < -0.39 is 34.7 Å². The summed E-state index contributed by atoms with van der Waals surface area (Å²) in [4.78, 5) is 32.0. The van der Waals surface area contributed by atoms with Gasteiger partial charge in [0, 0.05) is 37.4 Å². The first-order valence-corrected chi connectivity index (χ1v) is 15.6. The highest BCUT2D eigenvalue weighted by Crippen LogP contribution is 2.42. The average molecular weight is 660 g/mol. The monoisotopic (exact) mass is 659 g/mol. The van der Waals surface area contributed by atoms with Gasteiger partial charge in [-0.25, -0.2) is 0 Å². The molecular formula is C33H40F3N5O4S. The zero-order valence-electron chi connectivity index (χ0n) is 27.1. The third-order valence-corrected chi connectivity index (χ3v) is 9.07. The fourth-order valence-corrected chi connectivity index (χ4v) is 6.85. The summed E-state index contributed by atoms with van der Waals surface area (Å²) in [5.41, 5.74) is -0.663. The van der Waals surface area contributed by atoms with Crippen LogP contribution in [0, 0.1) is 18.3 Å². The molecule has 2 saturated heterocycles. The molecule has 13 heteroatoms. The van der Waals surface area contributed by atoms with Crippen molar-refractivity contribution in [3.8, 4) is 11.8 Å². The van der Waals surface area contributed by atoms with E-state index in [0.717, 1.165) is 41.2 Å². The van der Waals surface area contributed by atoms with E-state index in [4.69, 9.17) is 17.0 Å². The number of rotatable bonds is 9. The molecule has 2 heterocycles. The number of hydrogen-bond acceptors (Lipinski definition) is 7. The quantitative estimate of drug-likeness (QED) is 0.336. The Bertz CT molecular complexity index is 1560. The van der Waals surface area contributed by atoms with Crippen molar-refractivity contribution in [3.63, 3.8) is 0 Å². The number of carboxylic acid groups (broad SMARTS) is 1. The van der Waals surface area contributed by atoms with Crippen LogP contribution in [0.3, 0.4) is 0 Å². The van der Waals surface area contributed by atoms with Crippen LogP contribution in [-0.4, -0.2) is 82.3 Å². The number of carbonyl (C=O) groups is 2. The Morgan fingerprint density at radius 1 is 1.17 bits per heavy atom. The number of halogens is 3. The summed E-state index contributed by atoms with van der Waals surface area (Å²) in [5, 5.41) is 18.5. The van der Waals surface area contributed by atoms with E-state index >= 15 is 0 Å². The maximum atomic E-state index is 13.8. The summed E-state index contributed by atoms with van der Waals surface area (Å²) in [6.45, 7) is 15.8. The summed E-state index contributed by atoms with van der Waals surface area (Å²) in [7, 11) is 0. The van der Waals surface area contributed by atoms with Crippen LogP contribution in [0.4, 0.5) is 24.5 Å². The van der Waals surface area contributed by atoms with Gasteiger partial charge in [0.2, 0.25) is 0 Å². The van der Waals surface area contributed by atoms with Crippen LogP contribution in [0.15, 0.2) is 30.3 Å². The lowest BCUT2D eigenvalue weighted by atomic mass is 9.96. The zero-order valence-corrected chi connectivity index (χ0v) is 27.9. The second-order valence-corrected chi connectivity index (χ2v) is 13.2. The fraction of sp³-hybridized carbons (Fsp3) is 0.515. The number of amides is 1. The van der Waals surface area contributed by atoms with Crippen LogP contribution in [0.2, 0.25) is 0 Å². The summed E-state index contributed by atoms with van der Waals surface area (Å²) < 4.78 is 47.6. The first-order valence-electron chi connectivity index (χ1n) is 15.2. The van der Waals surface area contributed by atoms with Crippen LogP contribution in [0.5, 0.6) is 5.75 Å². The molecule has 2 atom stereocenters. The molecule has 248 valence electrons. The van der Waals surface area contributed by atoms with Gasteiger partial charge in [0.25, 0.3) is 5.91 Å². The van der Waals surface area contributed by atoms with E-state index in [1.807, 2.05) is 51.7 Å². The number of nitriles is 1. The number of carboxylic acids is 1. The number of aryl methyl sites for hydroxylation is 1. The number of carbonyl (C=O) groups excluding carboxylic acids is 1. The molecular weight excluding hydrogens is 619 g/mol. The van der Waals surface area contributed by atoms with Crippen molar-refractivity contribution in [2.24, 2.45) is 0 Å².